The average Bonchev–Trinajstić information content (AvgIpc) is 2.94. The van der Waals surface area contributed by atoms with E-state index in [1.807, 2.05) is 12.1 Å². The summed E-state index contributed by atoms with van der Waals surface area (Å²) in [5.41, 5.74) is 0.0352. The number of carbonyl (C=O) groups excluding carboxylic acids is 1. The highest BCUT2D eigenvalue weighted by Gasteiger charge is 2.53. The third-order valence-electron chi connectivity index (χ3n) is 7.33. The highest BCUT2D eigenvalue weighted by atomic mass is 32.2. The second-order valence-electron chi connectivity index (χ2n) is 10.2. The lowest BCUT2D eigenvalue weighted by Crippen LogP contribution is -2.60. The summed E-state index contributed by atoms with van der Waals surface area (Å²) >= 11 is 0. The number of hydrogen-bond acceptors (Lipinski definition) is 6. The fraction of sp³-hybridized carbons (Fsp3) is 0.682. The van der Waals surface area contributed by atoms with Crippen molar-refractivity contribution in [1.29, 1.82) is 0 Å². The molecule has 0 saturated carbocycles. The van der Waals surface area contributed by atoms with E-state index in [1.165, 1.54) is 38.5 Å². The van der Waals surface area contributed by atoms with Crippen LogP contribution in [0.25, 0.3) is 0 Å². The zero-order valence-corrected chi connectivity index (χ0v) is 19.2. The van der Waals surface area contributed by atoms with Crippen LogP contribution < -0.4 is 9.96 Å². The molecule has 1 aromatic carbocycles. The topological polar surface area (TPSA) is 102 Å². The molecule has 1 spiro atoms. The smallest absolute Gasteiger partial charge is 0.273 e. The van der Waals surface area contributed by atoms with E-state index in [0.29, 0.717) is 23.8 Å². The summed E-state index contributed by atoms with van der Waals surface area (Å²) in [6, 6.07) is 7.19. The largest absolute Gasteiger partial charge is 0.673 e. The van der Waals surface area contributed by atoms with Crippen molar-refractivity contribution >= 4 is 22.6 Å². The van der Waals surface area contributed by atoms with Crippen LogP contribution in [-0.2, 0) is 26.0 Å². The number of benzene rings is 1. The highest BCUT2D eigenvalue weighted by molar-refractivity contribution is 7.85. The molecule has 1 atom stereocenters. The van der Waals surface area contributed by atoms with E-state index in [0.717, 1.165) is 12.0 Å². The Morgan fingerprint density at radius 1 is 1.13 bits per heavy atom. The lowest BCUT2D eigenvalue weighted by Gasteiger charge is -2.55. The predicted molar refractivity (Wildman–Crippen MR) is 120 cm³/mol. The van der Waals surface area contributed by atoms with E-state index >= 15 is 0 Å². The van der Waals surface area contributed by atoms with Crippen LogP contribution in [0, 0.1) is 0 Å². The zero-order valence-electron chi connectivity index (χ0n) is 18.4. The number of hydrogen-bond donors (Lipinski definition) is 2. The van der Waals surface area contributed by atoms with Gasteiger partial charge >= 0.3 is 0 Å². The van der Waals surface area contributed by atoms with Gasteiger partial charge in [-0.2, -0.15) is 8.42 Å². The van der Waals surface area contributed by atoms with Gasteiger partial charge in [-0.15, -0.1) is 11.6 Å². The molecule has 0 aromatic heterocycles. The van der Waals surface area contributed by atoms with Gasteiger partial charge in [0, 0.05) is 0 Å². The first kappa shape index (κ1) is 22.6. The van der Waals surface area contributed by atoms with Crippen molar-refractivity contribution in [1.82, 2.24) is 5.23 Å². The summed E-state index contributed by atoms with van der Waals surface area (Å²) in [5, 5.41) is 3.68. The summed E-state index contributed by atoms with van der Waals surface area (Å²) in [5.74, 6) is 0.967. The van der Waals surface area contributed by atoms with Gasteiger partial charge in [-0.1, -0.05) is 50.7 Å². The molecular weight excluding hydrogens is 417 g/mol. The van der Waals surface area contributed by atoms with Gasteiger partial charge in [-0.25, -0.2) is 0 Å². The van der Waals surface area contributed by atoms with Crippen LogP contribution in [0.3, 0.4) is 0 Å². The molecule has 7 nitrogen and oxygen atoms in total. The van der Waals surface area contributed by atoms with E-state index in [2.05, 4.69) is 5.23 Å². The van der Waals surface area contributed by atoms with Crippen LogP contribution in [0.15, 0.2) is 24.3 Å². The van der Waals surface area contributed by atoms with Crippen LogP contribution in [0.4, 0.5) is 0 Å². The summed E-state index contributed by atoms with van der Waals surface area (Å²) < 4.78 is 43.2. The normalized spacial score (nSPS) is 30.9. The molecule has 3 saturated heterocycles. The zero-order chi connectivity index (χ0) is 22.3. The minimum atomic E-state index is -4.13. The molecule has 3 heterocycles. The monoisotopic (exact) mass is 450 g/mol. The van der Waals surface area contributed by atoms with Gasteiger partial charge in [0.05, 0.1) is 6.04 Å². The number of carbonyl (C=O) groups is 1. The predicted octanol–water partition coefficient (Wildman–Crippen LogP) is 3.73. The standard InChI is InChI=1S/C22H33BNO6S/c1-22(2,15-31(26,27)28)29-19-12-9-16(10-13-19)11-14-20-21(25)30-23(24-20)17-5-3-6-18(23)8-4-7-17/h9-10,12-13,17-18,20,24H,3-8,11,14-15H2,1-2H3,(H,26,27,28)/q-1/t17?,18?,20-,23?/m0/s1. The Kier molecular flexibility index (Phi) is 6.13. The quantitative estimate of drug-likeness (QED) is 0.482. The van der Waals surface area contributed by atoms with Crippen molar-refractivity contribution in [3.8, 4) is 5.75 Å². The molecule has 0 unspecified atom stereocenters. The number of aryl methyl sites for hydroxylation is 1. The Balaban J connectivity index is 1.34. The molecule has 2 N–H and O–H groups in total. The summed E-state index contributed by atoms with van der Waals surface area (Å²) in [7, 11) is -4.13. The summed E-state index contributed by atoms with van der Waals surface area (Å²) in [4.78, 5) is 12.7. The van der Waals surface area contributed by atoms with Gasteiger partial charge in [0.2, 0.25) is 6.48 Å². The van der Waals surface area contributed by atoms with Gasteiger partial charge in [-0.3, -0.25) is 9.35 Å². The molecule has 2 bridgehead atoms. The third-order valence-corrected chi connectivity index (χ3v) is 8.39. The minimum Gasteiger partial charge on any atom is -0.673 e. The van der Waals surface area contributed by atoms with Gasteiger partial charge in [0.25, 0.3) is 16.1 Å². The van der Waals surface area contributed by atoms with Crippen molar-refractivity contribution in [2.24, 2.45) is 0 Å². The first-order chi connectivity index (χ1) is 14.6. The summed E-state index contributed by atoms with van der Waals surface area (Å²) in [6.45, 7) is 2.01. The number of ether oxygens (including phenoxy) is 1. The SMILES string of the molecule is CC(C)(CS(=O)(=O)O)Oc1ccc(CC[C@@H]2N[B-]3(OC2=O)C2CCCC3CCC2)cc1. The molecular formula is C22H33BNO6S-. The van der Waals surface area contributed by atoms with Crippen LogP contribution >= 0.6 is 0 Å². The van der Waals surface area contributed by atoms with Crippen LogP contribution in [0.5, 0.6) is 5.75 Å². The van der Waals surface area contributed by atoms with Gasteiger partial charge < -0.3 is 14.6 Å². The molecule has 9 heteroatoms. The van der Waals surface area contributed by atoms with Crippen molar-refractivity contribution in [3.63, 3.8) is 0 Å². The Labute approximate surface area is 185 Å². The molecule has 172 valence electrons. The average molecular weight is 450 g/mol. The van der Waals surface area contributed by atoms with Gasteiger partial charge in [0.1, 0.15) is 17.1 Å². The molecule has 31 heavy (non-hydrogen) atoms. The number of rotatable bonds is 7. The fourth-order valence-corrected chi connectivity index (χ4v) is 7.07. The molecule has 3 aliphatic heterocycles. The van der Waals surface area contributed by atoms with E-state index < -0.39 is 28.0 Å². The van der Waals surface area contributed by atoms with Crippen LogP contribution in [0.1, 0.15) is 64.4 Å². The maximum Gasteiger partial charge on any atom is 0.273 e. The van der Waals surface area contributed by atoms with Gasteiger partial charge in [0.15, 0.2) is 0 Å². The molecule has 1 aromatic rings. The Bertz CT molecular complexity index is 894. The Morgan fingerprint density at radius 2 is 1.71 bits per heavy atom. The molecule has 3 fully saturated rings. The van der Waals surface area contributed by atoms with Crippen molar-refractivity contribution in [2.45, 2.75) is 88.5 Å². The molecule has 0 radical (unpaired) electrons. The maximum absolute atomic E-state index is 12.7. The first-order valence-electron chi connectivity index (χ1n) is 11.5. The lowest BCUT2D eigenvalue weighted by molar-refractivity contribution is -0.134. The van der Waals surface area contributed by atoms with E-state index in [4.69, 9.17) is 13.9 Å². The van der Waals surface area contributed by atoms with Gasteiger partial charge in [-0.05, 0) is 44.4 Å². The van der Waals surface area contributed by atoms with E-state index in [1.54, 1.807) is 26.0 Å². The highest BCUT2D eigenvalue weighted by Crippen LogP contribution is 2.53. The minimum absolute atomic E-state index is 0.0919. The Morgan fingerprint density at radius 3 is 2.26 bits per heavy atom. The maximum atomic E-state index is 12.7. The van der Waals surface area contributed by atoms with Crippen molar-refractivity contribution < 1.29 is 27.2 Å². The Hall–Kier alpha value is -1.58. The molecule has 4 rings (SSSR count). The lowest BCUT2D eigenvalue weighted by atomic mass is 9.28. The third kappa shape index (κ3) is 5.09. The summed E-state index contributed by atoms with van der Waals surface area (Å²) in [6.07, 6.45) is 8.59. The van der Waals surface area contributed by atoms with Crippen molar-refractivity contribution in [3.05, 3.63) is 29.8 Å². The second-order valence-corrected chi connectivity index (χ2v) is 11.7. The van der Waals surface area contributed by atoms with Crippen LogP contribution in [0.2, 0.25) is 11.6 Å². The fourth-order valence-electron chi connectivity index (χ4n) is 6.13. The van der Waals surface area contributed by atoms with Crippen LogP contribution in [-0.4, -0.2) is 42.8 Å². The van der Waals surface area contributed by atoms with Crippen molar-refractivity contribution in [2.75, 3.05) is 5.75 Å². The first-order valence-corrected chi connectivity index (χ1v) is 13.1. The number of nitrogens with one attached hydrogen (secondary N) is 1. The second kappa shape index (κ2) is 8.41. The van der Waals surface area contributed by atoms with E-state index in [-0.39, 0.29) is 12.0 Å². The van der Waals surface area contributed by atoms with E-state index in [9.17, 15) is 13.2 Å². The molecule has 0 amide bonds. The molecule has 0 aliphatic carbocycles. The molecule has 3 aliphatic rings.